The first kappa shape index (κ1) is 35.5. The second-order valence-electron chi connectivity index (χ2n) is 11.8. The van der Waals surface area contributed by atoms with E-state index in [0.29, 0.717) is 5.56 Å². The van der Waals surface area contributed by atoms with Crippen LogP contribution in [0.15, 0.2) is 84.9 Å². The van der Waals surface area contributed by atoms with Crippen LogP contribution in [0.25, 0.3) is 0 Å². The molecule has 0 heterocycles. The van der Waals surface area contributed by atoms with E-state index >= 15 is 0 Å². The fourth-order valence-electron chi connectivity index (χ4n) is 4.59. The standard InChI is InChI=1S/C33H41N5O8/c1-33(2,3)29(35-31(41)45-4)30(40)36-37(20-24-15-17-26(18-16-24)38(43)44)21-28(39)27(19-23-11-7-5-8-12-23)34-32(42)46-22-25-13-9-6-10-14-25/h5-18,27-29,39H,19-22H2,1-4H3,(H,34,42)(H,35,41)(H,36,40)/t27-,28-,29+/m0/s1. The summed E-state index contributed by atoms with van der Waals surface area (Å²) in [6, 6.07) is 22.3. The van der Waals surface area contributed by atoms with Gasteiger partial charge in [0.05, 0.1) is 24.2 Å². The molecule has 0 aromatic heterocycles. The van der Waals surface area contributed by atoms with Crippen LogP contribution in [0.2, 0.25) is 0 Å². The summed E-state index contributed by atoms with van der Waals surface area (Å²) in [6.07, 6.45) is -2.51. The first-order valence-electron chi connectivity index (χ1n) is 14.7. The molecule has 0 radical (unpaired) electrons. The number of non-ortho nitro benzene ring substituents is 1. The minimum atomic E-state index is -1.23. The van der Waals surface area contributed by atoms with Gasteiger partial charge in [-0.05, 0) is 28.5 Å². The molecule has 4 N–H and O–H groups in total. The third kappa shape index (κ3) is 11.5. The van der Waals surface area contributed by atoms with E-state index in [1.165, 1.54) is 36.4 Å². The summed E-state index contributed by atoms with van der Waals surface area (Å²) in [4.78, 5) is 49.1. The van der Waals surface area contributed by atoms with Gasteiger partial charge in [-0.3, -0.25) is 20.3 Å². The Morgan fingerprint density at radius 2 is 1.46 bits per heavy atom. The lowest BCUT2D eigenvalue weighted by Gasteiger charge is -2.34. The van der Waals surface area contributed by atoms with Crippen molar-refractivity contribution in [2.45, 2.75) is 58.5 Å². The molecule has 0 saturated heterocycles. The first-order chi connectivity index (χ1) is 21.8. The Labute approximate surface area is 268 Å². The summed E-state index contributed by atoms with van der Waals surface area (Å²) in [5, 5.41) is 29.4. The number of hydrogen-bond donors (Lipinski definition) is 4. The van der Waals surface area contributed by atoms with Crippen molar-refractivity contribution in [3.8, 4) is 0 Å². The molecule has 46 heavy (non-hydrogen) atoms. The molecule has 0 saturated carbocycles. The van der Waals surface area contributed by atoms with Crippen LogP contribution >= 0.6 is 0 Å². The van der Waals surface area contributed by atoms with Crippen LogP contribution in [-0.2, 0) is 33.8 Å². The van der Waals surface area contributed by atoms with Gasteiger partial charge in [0.25, 0.3) is 11.6 Å². The average Bonchev–Trinajstić information content (AvgIpc) is 3.02. The van der Waals surface area contributed by atoms with Gasteiger partial charge < -0.3 is 25.2 Å². The zero-order valence-electron chi connectivity index (χ0n) is 26.3. The molecule has 3 atom stereocenters. The quantitative estimate of drug-likeness (QED) is 0.150. The second kappa shape index (κ2) is 16.9. The Hall–Kier alpha value is -5.01. The molecule has 0 fully saturated rings. The maximum Gasteiger partial charge on any atom is 0.407 e. The zero-order valence-corrected chi connectivity index (χ0v) is 26.3. The van der Waals surface area contributed by atoms with Gasteiger partial charge in [0.2, 0.25) is 0 Å². The summed E-state index contributed by atoms with van der Waals surface area (Å²) < 4.78 is 10.1. The van der Waals surface area contributed by atoms with Gasteiger partial charge >= 0.3 is 12.2 Å². The Morgan fingerprint density at radius 1 is 0.870 bits per heavy atom. The Morgan fingerprint density at radius 3 is 2.00 bits per heavy atom. The molecule has 0 unspecified atom stereocenters. The maximum atomic E-state index is 13.5. The number of methoxy groups -OCH3 is 1. The average molecular weight is 636 g/mol. The van der Waals surface area contributed by atoms with E-state index in [-0.39, 0.29) is 31.8 Å². The minimum Gasteiger partial charge on any atom is -0.453 e. The Kier molecular flexibility index (Phi) is 13.0. The smallest absolute Gasteiger partial charge is 0.407 e. The number of nitrogens with one attached hydrogen (secondary N) is 3. The third-order valence-electron chi connectivity index (χ3n) is 7.05. The Balaban J connectivity index is 1.84. The highest BCUT2D eigenvalue weighted by Gasteiger charge is 2.35. The largest absolute Gasteiger partial charge is 0.453 e. The molecule has 13 heteroatoms. The molecular weight excluding hydrogens is 594 g/mol. The highest BCUT2D eigenvalue weighted by molar-refractivity contribution is 5.86. The Bertz CT molecular complexity index is 1430. The summed E-state index contributed by atoms with van der Waals surface area (Å²) in [7, 11) is 1.19. The predicted octanol–water partition coefficient (Wildman–Crippen LogP) is 4.10. The molecule has 3 amide bonds. The van der Waals surface area contributed by atoms with E-state index in [1.54, 1.807) is 20.8 Å². The van der Waals surface area contributed by atoms with E-state index in [9.17, 15) is 29.6 Å². The van der Waals surface area contributed by atoms with Crippen LogP contribution in [0.3, 0.4) is 0 Å². The number of hydrogen-bond acceptors (Lipinski definition) is 9. The normalized spacial score (nSPS) is 13.2. The summed E-state index contributed by atoms with van der Waals surface area (Å²) in [6.45, 7) is 5.20. The van der Waals surface area contributed by atoms with Crippen LogP contribution in [0.5, 0.6) is 0 Å². The molecule has 13 nitrogen and oxygen atoms in total. The van der Waals surface area contributed by atoms with Gasteiger partial charge in [0.1, 0.15) is 12.6 Å². The van der Waals surface area contributed by atoms with Crippen molar-refractivity contribution in [1.82, 2.24) is 21.1 Å². The van der Waals surface area contributed by atoms with Crippen LogP contribution in [0.4, 0.5) is 15.3 Å². The molecule has 0 aliphatic rings. The highest BCUT2D eigenvalue weighted by Crippen LogP contribution is 2.21. The third-order valence-corrected chi connectivity index (χ3v) is 7.05. The van der Waals surface area contributed by atoms with Crippen molar-refractivity contribution in [2.24, 2.45) is 5.41 Å². The second-order valence-corrected chi connectivity index (χ2v) is 11.8. The van der Waals surface area contributed by atoms with Crippen molar-refractivity contribution in [2.75, 3.05) is 13.7 Å². The summed E-state index contributed by atoms with van der Waals surface area (Å²) in [5.41, 5.74) is 4.18. The van der Waals surface area contributed by atoms with E-state index in [4.69, 9.17) is 9.47 Å². The van der Waals surface area contributed by atoms with E-state index < -0.39 is 46.6 Å². The molecule has 3 aromatic carbocycles. The molecule has 3 rings (SSSR count). The number of nitro benzene ring substituents is 1. The number of rotatable bonds is 14. The number of alkyl carbamates (subject to hydrolysis) is 2. The number of carbonyl (C=O) groups excluding carboxylic acids is 3. The van der Waals surface area contributed by atoms with Crippen LogP contribution < -0.4 is 16.1 Å². The lowest BCUT2D eigenvalue weighted by atomic mass is 9.86. The van der Waals surface area contributed by atoms with E-state index in [1.807, 2.05) is 60.7 Å². The summed E-state index contributed by atoms with van der Waals surface area (Å²) in [5.74, 6) is -0.582. The van der Waals surface area contributed by atoms with Crippen molar-refractivity contribution < 1.29 is 33.9 Å². The maximum absolute atomic E-state index is 13.5. The van der Waals surface area contributed by atoms with Gasteiger partial charge in [-0.25, -0.2) is 14.6 Å². The fraction of sp³-hybridized carbons (Fsp3) is 0.364. The van der Waals surface area contributed by atoms with Gasteiger partial charge in [-0.2, -0.15) is 0 Å². The van der Waals surface area contributed by atoms with Crippen LogP contribution in [-0.4, -0.2) is 65.0 Å². The lowest BCUT2D eigenvalue weighted by molar-refractivity contribution is -0.384. The van der Waals surface area contributed by atoms with Gasteiger partial charge in [-0.15, -0.1) is 0 Å². The van der Waals surface area contributed by atoms with E-state index in [2.05, 4.69) is 16.1 Å². The number of carbonyl (C=O) groups is 3. The molecule has 246 valence electrons. The lowest BCUT2D eigenvalue weighted by Crippen LogP contribution is -2.59. The van der Waals surface area contributed by atoms with Crippen molar-refractivity contribution in [3.63, 3.8) is 0 Å². The van der Waals surface area contributed by atoms with Gasteiger partial charge in [0.15, 0.2) is 0 Å². The molecule has 3 aromatic rings. The van der Waals surface area contributed by atoms with E-state index in [0.717, 1.165) is 11.1 Å². The number of hydrazine groups is 1. The monoisotopic (exact) mass is 635 g/mol. The predicted molar refractivity (Wildman–Crippen MR) is 170 cm³/mol. The molecule has 0 aliphatic carbocycles. The molecular formula is C33H41N5O8. The first-order valence-corrected chi connectivity index (χ1v) is 14.7. The zero-order chi connectivity index (χ0) is 33.7. The topological polar surface area (TPSA) is 172 Å². The number of aliphatic hydroxyl groups is 1. The SMILES string of the molecule is COC(=O)N[C@H](C(=O)NN(Cc1ccc([N+](=O)[O-])cc1)C[C@H](O)[C@H](Cc1ccccc1)NC(=O)OCc1ccccc1)C(C)(C)C. The van der Waals surface area contributed by atoms with Crippen molar-refractivity contribution in [1.29, 1.82) is 0 Å². The van der Waals surface area contributed by atoms with Crippen molar-refractivity contribution >= 4 is 23.8 Å². The summed E-state index contributed by atoms with van der Waals surface area (Å²) >= 11 is 0. The van der Waals surface area contributed by atoms with Gasteiger partial charge in [-0.1, -0.05) is 93.6 Å². The minimum absolute atomic E-state index is 0.0323. The van der Waals surface area contributed by atoms with Gasteiger partial charge in [0, 0.05) is 25.2 Å². The fourth-order valence-corrected chi connectivity index (χ4v) is 4.59. The van der Waals surface area contributed by atoms with Crippen LogP contribution in [0.1, 0.15) is 37.5 Å². The number of amides is 3. The molecule has 0 bridgehead atoms. The number of aliphatic hydroxyl groups excluding tert-OH is 1. The number of ether oxygens (including phenoxy) is 2. The van der Waals surface area contributed by atoms with Crippen LogP contribution in [0, 0.1) is 15.5 Å². The number of nitrogens with zero attached hydrogens (tertiary/aromatic N) is 2. The molecule has 0 aliphatic heterocycles. The molecule has 0 spiro atoms. The number of nitro groups is 1. The van der Waals surface area contributed by atoms with Crippen molar-refractivity contribution in [3.05, 3.63) is 112 Å². The number of benzene rings is 3. The highest BCUT2D eigenvalue weighted by atomic mass is 16.6.